The van der Waals surface area contributed by atoms with Crippen LogP contribution in [0.5, 0.6) is 5.75 Å². The quantitative estimate of drug-likeness (QED) is 0.754. The molecule has 0 bridgehead atoms. The maximum Gasteiger partial charge on any atom is 0.212 e. The largest absolute Gasteiger partial charge is 0.497 e. The molecule has 94 valence electrons. The second kappa shape index (κ2) is 6.42. The predicted octanol–water partition coefficient (Wildman–Crippen LogP) is 1.69. The summed E-state index contributed by atoms with van der Waals surface area (Å²) in [6.07, 6.45) is 2.05. The van der Waals surface area contributed by atoms with Crippen molar-refractivity contribution in [3.8, 4) is 5.75 Å². The van der Waals surface area contributed by atoms with Gasteiger partial charge in [0.25, 0.3) is 0 Å². The molecule has 0 aliphatic heterocycles. The van der Waals surface area contributed by atoms with Crippen LogP contribution in [0.15, 0.2) is 36.9 Å². The average Bonchev–Trinajstić information content (AvgIpc) is 2.35. The summed E-state index contributed by atoms with van der Waals surface area (Å²) in [5.74, 6) is 0.829. The van der Waals surface area contributed by atoms with E-state index in [2.05, 4.69) is 11.3 Å². The minimum atomic E-state index is -3.21. The van der Waals surface area contributed by atoms with Crippen molar-refractivity contribution in [1.29, 1.82) is 0 Å². The van der Waals surface area contributed by atoms with Gasteiger partial charge in [0, 0.05) is 6.54 Å². The second-order valence-electron chi connectivity index (χ2n) is 3.57. The van der Waals surface area contributed by atoms with E-state index in [9.17, 15) is 8.42 Å². The van der Waals surface area contributed by atoms with Crippen LogP contribution in [0.2, 0.25) is 0 Å². The highest BCUT2D eigenvalue weighted by Crippen LogP contribution is 2.11. The normalized spacial score (nSPS) is 11.1. The molecule has 0 radical (unpaired) electrons. The Morgan fingerprint density at radius 2 is 2.00 bits per heavy atom. The van der Waals surface area contributed by atoms with Gasteiger partial charge in [0.2, 0.25) is 10.0 Å². The van der Waals surface area contributed by atoms with Crippen LogP contribution in [-0.4, -0.2) is 21.3 Å². The standard InChI is InChI=1S/C12H17NO3S/c1-3-4-9-17(14,15)13-10-11-5-7-12(16-2)8-6-11/h3,5-8,13H,1,4,9-10H2,2H3. The summed E-state index contributed by atoms with van der Waals surface area (Å²) in [7, 11) is -1.62. The molecule has 0 aliphatic rings. The van der Waals surface area contributed by atoms with Gasteiger partial charge in [0.05, 0.1) is 12.9 Å². The van der Waals surface area contributed by atoms with Crippen LogP contribution in [-0.2, 0) is 16.6 Å². The van der Waals surface area contributed by atoms with E-state index in [1.165, 1.54) is 0 Å². The van der Waals surface area contributed by atoms with E-state index >= 15 is 0 Å². The van der Waals surface area contributed by atoms with Crippen molar-refractivity contribution in [1.82, 2.24) is 4.72 Å². The van der Waals surface area contributed by atoms with Gasteiger partial charge in [-0.1, -0.05) is 18.2 Å². The molecule has 0 fully saturated rings. The van der Waals surface area contributed by atoms with E-state index in [1.54, 1.807) is 25.3 Å². The smallest absolute Gasteiger partial charge is 0.212 e. The molecule has 4 nitrogen and oxygen atoms in total. The lowest BCUT2D eigenvalue weighted by molar-refractivity contribution is 0.414. The maximum atomic E-state index is 11.5. The number of hydrogen-bond donors (Lipinski definition) is 1. The Hall–Kier alpha value is -1.33. The van der Waals surface area contributed by atoms with Crippen LogP contribution in [0.1, 0.15) is 12.0 Å². The minimum absolute atomic E-state index is 0.0760. The summed E-state index contributed by atoms with van der Waals surface area (Å²) in [5.41, 5.74) is 0.896. The topological polar surface area (TPSA) is 55.4 Å². The number of ether oxygens (including phenoxy) is 1. The average molecular weight is 255 g/mol. The lowest BCUT2D eigenvalue weighted by Crippen LogP contribution is -2.25. The number of allylic oxidation sites excluding steroid dienone is 1. The van der Waals surface area contributed by atoms with Crippen LogP contribution in [0.4, 0.5) is 0 Å². The Bertz CT molecular complexity index is 451. The summed E-state index contributed by atoms with van der Waals surface area (Å²) in [4.78, 5) is 0. The van der Waals surface area contributed by atoms with E-state index in [1.807, 2.05) is 12.1 Å². The molecule has 0 aliphatic carbocycles. The van der Waals surface area contributed by atoms with Crippen molar-refractivity contribution in [3.05, 3.63) is 42.5 Å². The highest BCUT2D eigenvalue weighted by atomic mass is 32.2. The number of sulfonamides is 1. The third-order valence-electron chi connectivity index (χ3n) is 2.25. The Morgan fingerprint density at radius 3 is 2.53 bits per heavy atom. The first kappa shape index (κ1) is 13.7. The van der Waals surface area contributed by atoms with Gasteiger partial charge in [-0.05, 0) is 24.1 Å². The summed E-state index contributed by atoms with van der Waals surface area (Å²) in [6.45, 7) is 3.79. The molecule has 0 spiro atoms. The Kier molecular flexibility index (Phi) is 5.18. The SMILES string of the molecule is C=CCCS(=O)(=O)NCc1ccc(OC)cc1. The Labute approximate surface area is 102 Å². The van der Waals surface area contributed by atoms with Gasteiger partial charge in [-0.2, -0.15) is 0 Å². The van der Waals surface area contributed by atoms with Gasteiger partial charge in [-0.3, -0.25) is 0 Å². The highest BCUT2D eigenvalue weighted by Gasteiger charge is 2.08. The molecule has 0 saturated carbocycles. The fourth-order valence-electron chi connectivity index (χ4n) is 1.25. The van der Waals surface area contributed by atoms with E-state index < -0.39 is 10.0 Å². The van der Waals surface area contributed by atoms with E-state index in [0.717, 1.165) is 11.3 Å². The zero-order valence-electron chi connectivity index (χ0n) is 9.85. The van der Waals surface area contributed by atoms with E-state index in [-0.39, 0.29) is 5.75 Å². The fraction of sp³-hybridized carbons (Fsp3) is 0.333. The molecule has 17 heavy (non-hydrogen) atoms. The minimum Gasteiger partial charge on any atom is -0.497 e. The third-order valence-corrected chi connectivity index (χ3v) is 3.60. The van der Waals surface area contributed by atoms with Crippen LogP contribution in [0.3, 0.4) is 0 Å². The second-order valence-corrected chi connectivity index (χ2v) is 5.49. The zero-order chi connectivity index (χ0) is 12.7. The van der Waals surface area contributed by atoms with Crippen molar-refractivity contribution in [2.24, 2.45) is 0 Å². The third kappa shape index (κ3) is 5.01. The molecule has 1 N–H and O–H groups in total. The first-order valence-corrected chi connectivity index (χ1v) is 6.94. The van der Waals surface area contributed by atoms with Gasteiger partial charge >= 0.3 is 0 Å². The van der Waals surface area contributed by atoms with Crippen molar-refractivity contribution >= 4 is 10.0 Å². The Balaban J connectivity index is 2.51. The monoisotopic (exact) mass is 255 g/mol. The van der Waals surface area contributed by atoms with Crippen LogP contribution >= 0.6 is 0 Å². The molecule has 1 aromatic rings. The molecule has 0 saturated heterocycles. The van der Waals surface area contributed by atoms with Crippen LogP contribution in [0.25, 0.3) is 0 Å². The van der Waals surface area contributed by atoms with Crippen molar-refractivity contribution in [2.45, 2.75) is 13.0 Å². The van der Waals surface area contributed by atoms with Crippen molar-refractivity contribution < 1.29 is 13.2 Å². The van der Waals surface area contributed by atoms with E-state index in [4.69, 9.17) is 4.74 Å². The lowest BCUT2D eigenvalue weighted by Gasteiger charge is -2.06. The summed E-state index contributed by atoms with van der Waals surface area (Å²) >= 11 is 0. The fourth-order valence-corrected chi connectivity index (χ4v) is 2.26. The summed E-state index contributed by atoms with van der Waals surface area (Å²) < 4.78 is 30.6. The molecule has 1 rings (SSSR count). The molecule has 0 aromatic heterocycles. The first-order valence-electron chi connectivity index (χ1n) is 5.28. The number of nitrogens with one attached hydrogen (secondary N) is 1. The number of rotatable bonds is 7. The molecular weight excluding hydrogens is 238 g/mol. The molecular formula is C12H17NO3S. The molecule has 0 atom stereocenters. The molecule has 0 amide bonds. The van der Waals surface area contributed by atoms with Gasteiger partial charge in [0.1, 0.15) is 5.75 Å². The van der Waals surface area contributed by atoms with Crippen molar-refractivity contribution in [3.63, 3.8) is 0 Å². The van der Waals surface area contributed by atoms with Crippen LogP contribution < -0.4 is 9.46 Å². The highest BCUT2D eigenvalue weighted by molar-refractivity contribution is 7.89. The molecule has 0 unspecified atom stereocenters. The van der Waals surface area contributed by atoms with Gasteiger partial charge < -0.3 is 4.74 Å². The predicted molar refractivity (Wildman–Crippen MR) is 68.4 cm³/mol. The Morgan fingerprint density at radius 1 is 1.35 bits per heavy atom. The van der Waals surface area contributed by atoms with E-state index in [0.29, 0.717) is 13.0 Å². The number of benzene rings is 1. The summed E-state index contributed by atoms with van der Waals surface area (Å²) in [6, 6.07) is 7.25. The van der Waals surface area contributed by atoms with Crippen molar-refractivity contribution in [2.75, 3.05) is 12.9 Å². The molecule has 5 heteroatoms. The molecule has 1 aromatic carbocycles. The van der Waals surface area contributed by atoms with Gasteiger partial charge in [-0.15, -0.1) is 6.58 Å². The molecule has 0 heterocycles. The zero-order valence-corrected chi connectivity index (χ0v) is 10.7. The number of hydrogen-bond acceptors (Lipinski definition) is 3. The van der Waals surface area contributed by atoms with Gasteiger partial charge in [0.15, 0.2) is 0 Å². The summed E-state index contributed by atoms with van der Waals surface area (Å²) in [5, 5.41) is 0. The van der Waals surface area contributed by atoms with Crippen LogP contribution in [0, 0.1) is 0 Å². The number of methoxy groups -OCH3 is 1. The maximum absolute atomic E-state index is 11.5. The lowest BCUT2D eigenvalue weighted by atomic mass is 10.2. The first-order chi connectivity index (χ1) is 8.07. The van der Waals surface area contributed by atoms with Gasteiger partial charge in [-0.25, -0.2) is 13.1 Å².